The molecule has 1 atom stereocenters. The van der Waals surface area contributed by atoms with Gasteiger partial charge in [0.2, 0.25) is 0 Å². The van der Waals surface area contributed by atoms with Crippen LogP contribution >= 0.6 is 7.82 Å². The Hall–Kier alpha value is -0.203. The van der Waals surface area contributed by atoms with Crippen LogP contribution in [0, 0.1) is 0 Å². The van der Waals surface area contributed by atoms with Crippen LogP contribution in [0.5, 0.6) is 0 Å². The standard InChI is InChI=1S/C3H8O2Si.H3O4P/c1-2(6)3(4)5;1-5(2,3)4/h2H,1,6H3,(H,4,5);(H3,1,2,3,4). The average Bonchev–Trinajstić information content (AvgIpc) is 1.59. The molecule has 0 saturated heterocycles. The zero-order valence-electron chi connectivity index (χ0n) is 6.13. The van der Waals surface area contributed by atoms with Crippen molar-refractivity contribution in [3.8, 4) is 0 Å². The molecule has 0 radical (unpaired) electrons. The summed E-state index contributed by atoms with van der Waals surface area (Å²) in [5.41, 5.74) is -0.0926. The second-order valence-corrected chi connectivity index (χ2v) is 4.76. The first-order valence-corrected chi connectivity index (χ1v) is 5.37. The van der Waals surface area contributed by atoms with Crippen LogP contribution in [0.3, 0.4) is 0 Å². The van der Waals surface area contributed by atoms with Crippen LogP contribution in [0.15, 0.2) is 0 Å². The number of phosphoric acid groups is 1. The highest BCUT2D eigenvalue weighted by molar-refractivity contribution is 7.45. The van der Waals surface area contributed by atoms with Gasteiger partial charge < -0.3 is 19.8 Å². The van der Waals surface area contributed by atoms with E-state index in [1.165, 1.54) is 0 Å². The minimum atomic E-state index is -4.64. The molecule has 0 aromatic heterocycles. The molecule has 0 aliphatic heterocycles. The zero-order chi connectivity index (χ0) is 9.65. The molecule has 11 heavy (non-hydrogen) atoms. The van der Waals surface area contributed by atoms with Crippen LogP contribution in [0.2, 0.25) is 5.54 Å². The molecule has 0 fully saturated rings. The van der Waals surface area contributed by atoms with Gasteiger partial charge in [0, 0.05) is 15.8 Å². The van der Waals surface area contributed by atoms with E-state index in [2.05, 4.69) is 0 Å². The molecular weight excluding hydrogens is 191 g/mol. The summed E-state index contributed by atoms with van der Waals surface area (Å²) in [6, 6.07) is 0. The highest BCUT2D eigenvalue weighted by Gasteiger charge is 2.00. The fourth-order valence-corrected chi connectivity index (χ4v) is 0. The molecule has 0 aromatic rings. The Morgan fingerprint density at radius 2 is 1.55 bits per heavy atom. The van der Waals surface area contributed by atoms with Gasteiger partial charge in [0.1, 0.15) is 0 Å². The van der Waals surface area contributed by atoms with Gasteiger partial charge in [-0.3, -0.25) is 4.79 Å². The summed E-state index contributed by atoms with van der Waals surface area (Å²) in [5, 5.41) is 8.03. The molecule has 0 spiro atoms. The lowest BCUT2D eigenvalue weighted by Crippen LogP contribution is -2.01. The number of carbonyl (C=O) groups is 1. The third-order valence-electron chi connectivity index (χ3n) is 0.494. The van der Waals surface area contributed by atoms with E-state index in [0.29, 0.717) is 0 Å². The van der Waals surface area contributed by atoms with Gasteiger partial charge in [-0.05, 0) is 0 Å². The SMILES string of the molecule is CC([SiH3])C(=O)O.O=P(O)(O)O. The lowest BCUT2D eigenvalue weighted by atomic mass is 10.5. The number of hydrogen-bond donors (Lipinski definition) is 4. The first-order chi connectivity index (χ1) is 4.64. The molecule has 6 nitrogen and oxygen atoms in total. The van der Waals surface area contributed by atoms with E-state index < -0.39 is 13.8 Å². The number of carboxylic acids is 1. The number of rotatable bonds is 1. The van der Waals surface area contributed by atoms with Gasteiger partial charge in [-0.1, -0.05) is 6.92 Å². The van der Waals surface area contributed by atoms with Crippen molar-refractivity contribution in [3.63, 3.8) is 0 Å². The van der Waals surface area contributed by atoms with Crippen molar-refractivity contribution in [1.82, 2.24) is 0 Å². The zero-order valence-corrected chi connectivity index (χ0v) is 9.02. The van der Waals surface area contributed by atoms with Gasteiger partial charge in [-0.15, -0.1) is 0 Å². The van der Waals surface area contributed by atoms with Crippen molar-refractivity contribution in [2.45, 2.75) is 12.5 Å². The lowest BCUT2D eigenvalue weighted by molar-refractivity contribution is -0.136. The summed E-state index contributed by atoms with van der Waals surface area (Å²) >= 11 is 0. The van der Waals surface area contributed by atoms with Crippen molar-refractivity contribution in [3.05, 3.63) is 0 Å². The quantitative estimate of drug-likeness (QED) is 0.298. The van der Waals surface area contributed by atoms with Crippen LogP contribution in [-0.4, -0.2) is 36.0 Å². The van der Waals surface area contributed by atoms with Crippen LogP contribution in [0.1, 0.15) is 6.92 Å². The topological polar surface area (TPSA) is 115 Å². The molecule has 0 aliphatic carbocycles. The van der Waals surface area contributed by atoms with Gasteiger partial charge in [0.15, 0.2) is 0 Å². The number of hydrogen-bond acceptors (Lipinski definition) is 2. The predicted molar refractivity (Wildman–Crippen MR) is 41.3 cm³/mol. The first-order valence-electron chi connectivity index (χ1n) is 2.65. The van der Waals surface area contributed by atoms with Crippen LogP contribution in [0.4, 0.5) is 0 Å². The van der Waals surface area contributed by atoms with Crippen LogP contribution < -0.4 is 0 Å². The molecule has 0 saturated carbocycles. The lowest BCUT2D eigenvalue weighted by Gasteiger charge is -1.89. The first kappa shape index (κ1) is 13.4. The molecule has 8 heteroatoms. The minimum Gasteiger partial charge on any atom is -0.481 e. The van der Waals surface area contributed by atoms with Crippen molar-refractivity contribution < 1.29 is 29.1 Å². The fraction of sp³-hybridized carbons (Fsp3) is 0.667. The molecule has 0 rings (SSSR count). The second kappa shape index (κ2) is 5.45. The number of aliphatic carboxylic acids is 1. The van der Waals surface area contributed by atoms with Crippen molar-refractivity contribution >= 4 is 24.0 Å². The van der Waals surface area contributed by atoms with Gasteiger partial charge in [-0.2, -0.15) is 0 Å². The van der Waals surface area contributed by atoms with Crippen LogP contribution in [-0.2, 0) is 9.36 Å². The van der Waals surface area contributed by atoms with Gasteiger partial charge >= 0.3 is 13.8 Å². The molecular formula is C3H11O6PSi. The van der Waals surface area contributed by atoms with Crippen LogP contribution in [0.25, 0.3) is 0 Å². The molecule has 4 N–H and O–H groups in total. The molecule has 0 aliphatic rings. The molecule has 0 bridgehead atoms. The Bertz CT molecular complexity index is 153. The monoisotopic (exact) mass is 202 g/mol. The Kier molecular flexibility index (Phi) is 6.63. The molecule has 0 aromatic carbocycles. The van der Waals surface area contributed by atoms with Crippen molar-refractivity contribution in [2.24, 2.45) is 0 Å². The second-order valence-electron chi connectivity index (χ2n) is 2.01. The average molecular weight is 202 g/mol. The summed E-state index contributed by atoms with van der Waals surface area (Å²) in [6.07, 6.45) is 0. The van der Waals surface area contributed by atoms with E-state index in [0.717, 1.165) is 10.2 Å². The van der Waals surface area contributed by atoms with Crippen molar-refractivity contribution in [2.75, 3.05) is 0 Å². The summed E-state index contributed by atoms with van der Waals surface area (Å²) in [7, 11) is -3.89. The molecule has 68 valence electrons. The third kappa shape index (κ3) is 41.3. The molecule has 0 heterocycles. The summed E-state index contributed by atoms with van der Waals surface area (Å²) < 4.78 is 8.88. The van der Waals surface area contributed by atoms with E-state index in [9.17, 15) is 4.79 Å². The molecule has 0 amide bonds. The Balaban J connectivity index is 0. The maximum Gasteiger partial charge on any atom is 0.466 e. The summed E-state index contributed by atoms with van der Waals surface area (Å²) in [5.74, 6) is -0.679. The summed E-state index contributed by atoms with van der Waals surface area (Å²) in [4.78, 5) is 31.3. The maximum absolute atomic E-state index is 9.73. The molecule has 1 unspecified atom stereocenters. The highest BCUT2D eigenvalue weighted by atomic mass is 31.2. The fourth-order valence-electron chi connectivity index (χ4n) is 0. The smallest absolute Gasteiger partial charge is 0.466 e. The van der Waals surface area contributed by atoms with E-state index in [4.69, 9.17) is 24.4 Å². The van der Waals surface area contributed by atoms with Gasteiger partial charge in [-0.25, -0.2) is 4.57 Å². The van der Waals surface area contributed by atoms with E-state index in [1.54, 1.807) is 6.92 Å². The largest absolute Gasteiger partial charge is 0.481 e. The predicted octanol–water partition coefficient (Wildman–Crippen LogP) is -1.68. The Morgan fingerprint density at radius 3 is 1.55 bits per heavy atom. The Morgan fingerprint density at radius 1 is 1.45 bits per heavy atom. The van der Waals surface area contributed by atoms with E-state index in [-0.39, 0.29) is 5.54 Å². The van der Waals surface area contributed by atoms with Gasteiger partial charge in [0.05, 0.1) is 0 Å². The Labute approximate surface area is 66.5 Å². The van der Waals surface area contributed by atoms with E-state index >= 15 is 0 Å². The van der Waals surface area contributed by atoms with Gasteiger partial charge in [0.25, 0.3) is 0 Å². The van der Waals surface area contributed by atoms with Crippen molar-refractivity contribution in [1.29, 1.82) is 0 Å². The minimum absolute atomic E-state index is 0.0926. The number of carboxylic acid groups (broad SMARTS) is 1. The maximum atomic E-state index is 9.73. The summed E-state index contributed by atoms with van der Waals surface area (Å²) in [6.45, 7) is 1.70. The normalized spacial score (nSPS) is 13.1. The third-order valence-corrected chi connectivity index (χ3v) is 0.988. The highest BCUT2D eigenvalue weighted by Crippen LogP contribution is 2.25. The van der Waals surface area contributed by atoms with E-state index in [1.807, 2.05) is 0 Å².